The van der Waals surface area contributed by atoms with Crippen molar-refractivity contribution in [2.75, 3.05) is 12.1 Å². The zero-order chi connectivity index (χ0) is 23.2. The van der Waals surface area contributed by atoms with Gasteiger partial charge in [-0.25, -0.2) is 4.98 Å². The highest BCUT2D eigenvalue weighted by Crippen LogP contribution is 2.40. The Morgan fingerprint density at radius 1 is 1.18 bits per heavy atom. The molecule has 1 N–H and O–H groups in total. The summed E-state index contributed by atoms with van der Waals surface area (Å²) < 4.78 is 10.9. The molecule has 2 aromatic carbocycles. The van der Waals surface area contributed by atoms with Gasteiger partial charge in [-0.3, -0.25) is 4.79 Å². The molecule has 0 saturated heterocycles. The highest BCUT2D eigenvalue weighted by Gasteiger charge is 2.25. The van der Waals surface area contributed by atoms with Gasteiger partial charge in [0.25, 0.3) is 5.91 Å². The maximum Gasteiger partial charge on any atom is 0.257 e. The third kappa shape index (κ3) is 3.47. The number of pyridine rings is 1. The average Bonchev–Trinajstić information content (AvgIpc) is 3.46. The number of ether oxygens (including phenoxy) is 2. The second-order valence-corrected chi connectivity index (χ2v) is 9.87. The van der Waals surface area contributed by atoms with E-state index in [1.54, 1.807) is 6.07 Å². The first-order valence-electron chi connectivity index (χ1n) is 11.3. The third-order valence-electron chi connectivity index (χ3n) is 6.48. The van der Waals surface area contributed by atoms with Gasteiger partial charge in [0.05, 0.1) is 22.3 Å². The van der Waals surface area contributed by atoms with Crippen LogP contribution in [-0.4, -0.2) is 17.7 Å². The molecular formula is C27H21N3O3S. The highest BCUT2D eigenvalue weighted by atomic mass is 32.1. The van der Waals surface area contributed by atoms with Gasteiger partial charge in [-0.2, -0.15) is 5.26 Å². The molecule has 2 aliphatic rings. The number of rotatable bonds is 3. The molecular weight excluding hydrogens is 446 g/mol. The predicted octanol–water partition coefficient (Wildman–Crippen LogP) is 5.94. The smallest absolute Gasteiger partial charge is 0.257 e. The van der Waals surface area contributed by atoms with Gasteiger partial charge in [-0.1, -0.05) is 25.1 Å². The summed E-state index contributed by atoms with van der Waals surface area (Å²) in [5.74, 6) is 1.71. The van der Waals surface area contributed by atoms with Crippen LogP contribution >= 0.6 is 11.3 Å². The molecule has 6 rings (SSSR count). The number of thiophene rings is 1. The molecule has 1 amide bonds. The molecule has 4 aromatic rings. The second-order valence-electron chi connectivity index (χ2n) is 8.76. The summed E-state index contributed by atoms with van der Waals surface area (Å²) >= 11 is 1.53. The van der Waals surface area contributed by atoms with E-state index in [9.17, 15) is 10.1 Å². The lowest BCUT2D eigenvalue weighted by Crippen LogP contribution is -2.13. The van der Waals surface area contributed by atoms with Crippen LogP contribution < -0.4 is 14.8 Å². The molecule has 168 valence electrons. The van der Waals surface area contributed by atoms with E-state index < -0.39 is 0 Å². The fourth-order valence-corrected chi connectivity index (χ4v) is 6.05. The van der Waals surface area contributed by atoms with Crippen LogP contribution in [0.3, 0.4) is 0 Å². The predicted molar refractivity (Wildman–Crippen MR) is 131 cm³/mol. The Kier molecular flexibility index (Phi) is 4.96. The Labute approximate surface area is 200 Å². The molecule has 0 saturated carbocycles. The molecule has 1 unspecified atom stereocenters. The summed E-state index contributed by atoms with van der Waals surface area (Å²) in [6.07, 6.45) is 2.91. The van der Waals surface area contributed by atoms with Crippen LogP contribution in [0.15, 0.2) is 48.5 Å². The second kappa shape index (κ2) is 8.15. The van der Waals surface area contributed by atoms with E-state index >= 15 is 0 Å². The fraction of sp³-hybridized carbons (Fsp3) is 0.222. The van der Waals surface area contributed by atoms with Gasteiger partial charge in [0, 0.05) is 15.8 Å². The van der Waals surface area contributed by atoms with Crippen LogP contribution in [0.1, 0.15) is 39.7 Å². The zero-order valence-corrected chi connectivity index (χ0v) is 19.4. The van der Waals surface area contributed by atoms with Crippen LogP contribution in [0.4, 0.5) is 5.00 Å². The summed E-state index contributed by atoms with van der Waals surface area (Å²) in [5.41, 5.74) is 4.45. The summed E-state index contributed by atoms with van der Waals surface area (Å²) in [7, 11) is 0. The van der Waals surface area contributed by atoms with Crippen molar-refractivity contribution in [3.05, 3.63) is 70.1 Å². The number of fused-ring (bicyclic) bond motifs is 3. The molecule has 7 heteroatoms. The number of nitrogens with one attached hydrogen (secondary N) is 1. The Morgan fingerprint density at radius 2 is 2.03 bits per heavy atom. The van der Waals surface area contributed by atoms with Gasteiger partial charge >= 0.3 is 0 Å². The third-order valence-corrected chi connectivity index (χ3v) is 7.65. The maximum atomic E-state index is 13.6. The quantitative estimate of drug-likeness (QED) is 0.403. The van der Waals surface area contributed by atoms with Crippen molar-refractivity contribution in [1.82, 2.24) is 4.98 Å². The summed E-state index contributed by atoms with van der Waals surface area (Å²) in [4.78, 5) is 19.6. The van der Waals surface area contributed by atoms with E-state index in [1.807, 2.05) is 42.5 Å². The first-order valence-corrected chi connectivity index (χ1v) is 12.1. The van der Waals surface area contributed by atoms with Gasteiger partial charge in [-0.05, 0) is 61.1 Å². The van der Waals surface area contributed by atoms with Gasteiger partial charge in [-0.15, -0.1) is 11.3 Å². The SMILES string of the molecule is CC1CCc2c(sc(NC(=O)c3cc(-c4ccc5c(c4)OCO5)nc4ccccc34)c2C#N)C1. The minimum absolute atomic E-state index is 0.197. The van der Waals surface area contributed by atoms with Crippen molar-refractivity contribution in [2.45, 2.75) is 26.2 Å². The van der Waals surface area contributed by atoms with Crippen molar-refractivity contribution < 1.29 is 14.3 Å². The van der Waals surface area contributed by atoms with Crippen molar-refractivity contribution in [3.8, 4) is 28.8 Å². The Morgan fingerprint density at radius 3 is 2.91 bits per heavy atom. The van der Waals surface area contributed by atoms with Crippen LogP contribution in [0.5, 0.6) is 11.5 Å². The molecule has 2 aromatic heterocycles. The van der Waals surface area contributed by atoms with Crippen LogP contribution in [-0.2, 0) is 12.8 Å². The molecule has 6 nitrogen and oxygen atoms in total. The first kappa shape index (κ1) is 20.7. The lowest BCUT2D eigenvalue weighted by atomic mass is 9.88. The van der Waals surface area contributed by atoms with Gasteiger partial charge < -0.3 is 14.8 Å². The Hall–Kier alpha value is -3.89. The van der Waals surface area contributed by atoms with Gasteiger partial charge in [0.1, 0.15) is 11.1 Å². The lowest BCUT2D eigenvalue weighted by Gasteiger charge is -2.17. The minimum atomic E-state index is -0.247. The number of nitriles is 1. The number of carbonyl (C=O) groups is 1. The molecule has 0 spiro atoms. The topological polar surface area (TPSA) is 84.2 Å². The largest absolute Gasteiger partial charge is 0.454 e. The molecule has 34 heavy (non-hydrogen) atoms. The summed E-state index contributed by atoms with van der Waals surface area (Å²) in [6, 6.07) is 17.4. The standard InChI is InChI=1S/C27H21N3O3S/c1-15-6-8-18-20(13-28)27(34-25(18)10-15)30-26(31)19-12-22(29-21-5-3-2-4-17(19)21)16-7-9-23-24(11-16)33-14-32-23/h2-5,7,9,11-12,15H,6,8,10,14H2,1H3,(H,30,31). The number of benzene rings is 2. The highest BCUT2D eigenvalue weighted by molar-refractivity contribution is 7.16. The molecule has 0 bridgehead atoms. The normalized spacial score (nSPS) is 16.2. The first-order chi connectivity index (χ1) is 16.6. The number of anilines is 1. The number of aromatic nitrogens is 1. The number of hydrogen-bond donors (Lipinski definition) is 1. The number of carbonyl (C=O) groups excluding carboxylic acids is 1. The Bertz CT molecular complexity index is 1500. The van der Waals surface area contributed by atoms with Crippen molar-refractivity contribution >= 4 is 33.1 Å². The average molecular weight is 468 g/mol. The molecule has 1 atom stereocenters. The van der Waals surface area contributed by atoms with E-state index in [4.69, 9.17) is 14.5 Å². The number of hydrogen-bond acceptors (Lipinski definition) is 6. The zero-order valence-electron chi connectivity index (χ0n) is 18.6. The summed E-state index contributed by atoms with van der Waals surface area (Å²) in [6.45, 7) is 2.43. The van der Waals surface area contributed by atoms with E-state index in [0.29, 0.717) is 39.2 Å². The van der Waals surface area contributed by atoms with E-state index in [-0.39, 0.29) is 12.7 Å². The lowest BCUT2D eigenvalue weighted by molar-refractivity contribution is 0.102. The van der Waals surface area contributed by atoms with Crippen LogP contribution in [0.25, 0.3) is 22.2 Å². The molecule has 3 heterocycles. The fourth-order valence-electron chi connectivity index (χ4n) is 4.69. The van der Waals surface area contributed by atoms with E-state index in [1.165, 1.54) is 16.2 Å². The van der Waals surface area contributed by atoms with Crippen molar-refractivity contribution in [3.63, 3.8) is 0 Å². The monoisotopic (exact) mass is 467 g/mol. The summed E-state index contributed by atoms with van der Waals surface area (Å²) in [5, 5.41) is 14.3. The van der Waals surface area contributed by atoms with Gasteiger partial charge in [0.2, 0.25) is 6.79 Å². The van der Waals surface area contributed by atoms with Crippen molar-refractivity contribution in [2.24, 2.45) is 5.92 Å². The number of amides is 1. The maximum absolute atomic E-state index is 13.6. The minimum Gasteiger partial charge on any atom is -0.454 e. The Balaban J connectivity index is 1.41. The number of nitrogens with zero attached hydrogens (tertiary/aromatic N) is 2. The molecule has 0 radical (unpaired) electrons. The van der Waals surface area contributed by atoms with Crippen LogP contribution in [0, 0.1) is 17.2 Å². The number of para-hydroxylation sites is 1. The van der Waals surface area contributed by atoms with Gasteiger partial charge in [0.15, 0.2) is 11.5 Å². The van der Waals surface area contributed by atoms with E-state index in [2.05, 4.69) is 18.3 Å². The van der Waals surface area contributed by atoms with Crippen molar-refractivity contribution in [1.29, 1.82) is 5.26 Å². The molecule has 1 aliphatic carbocycles. The van der Waals surface area contributed by atoms with E-state index in [0.717, 1.165) is 41.3 Å². The van der Waals surface area contributed by atoms with Crippen LogP contribution in [0.2, 0.25) is 0 Å². The molecule has 1 aliphatic heterocycles. The molecule has 0 fully saturated rings.